The first-order valence-corrected chi connectivity index (χ1v) is 12.0. The van der Waals surface area contributed by atoms with E-state index in [1.54, 1.807) is 12.2 Å². The second-order valence-corrected chi connectivity index (χ2v) is 8.61. The molecule has 2 N–H and O–H groups in total. The van der Waals surface area contributed by atoms with Gasteiger partial charge in [0.05, 0.1) is 23.9 Å². The van der Waals surface area contributed by atoms with Crippen LogP contribution in [0.25, 0.3) is 0 Å². The van der Waals surface area contributed by atoms with Gasteiger partial charge in [0.1, 0.15) is 0 Å². The van der Waals surface area contributed by atoms with Gasteiger partial charge < -0.3 is 10.2 Å². The number of carboxylic acid groups (broad SMARTS) is 2. The van der Waals surface area contributed by atoms with Crippen LogP contribution in [0.1, 0.15) is 77.0 Å². The van der Waals surface area contributed by atoms with Crippen LogP contribution in [0.5, 0.6) is 0 Å². The summed E-state index contributed by atoms with van der Waals surface area (Å²) >= 11 is 0. The van der Waals surface area contributed by atoms with Crippen molar-refractivity contribution in [2.45, 2.75) is 77.0 Å². The Morgan fingerprint density at radius 3 is 1.38 bits per heavy atom. The molecule has 0 spiro atoms. The molecule has 0 bridgehead atoms. The minimum atomic E-state index is -1.34. The van der Waals surface area contributed by atoms with Crippen LogP contribution < -0.4 is 0 Å². The lowest BCUT2D eigenvalue weighted by molar-refractivity contribution is -0.177. The monoisotopic (exact) mass is 472 g/mol. The summed E-state index contributed by atoms with van der Waals surface area (Å²) in [4.78, 5) is 52.1. The molecule has 0 radical (unpaired) electrons. The topological polar surface area (TPSA) is 133 Å². The summed E-state index contributed by atoms with van der Waals surface area (Å²) in [6.07, 6.45) is 21.1. The van der Waals surface area contributed by atoms with Crippen LogP contribution in [0.15, 0.2) is 46.4 Å². The van der Waals surface area contributed by atoms with E-state index in [0.717, 1.165) is 25.7 Å². The minimum Gasteiger partial charge on any atom is -0.481 e. The number of carbonyl (C=O) groups is 2. The molecule has 8 nitrogen and oxygen atoms in total. The van der Waals surface area contributed by atoms with Crippen molar-refractivity contribution in [2.24, 2.45) is 20.8 Å². The number of carboxylic acids is 2. The van der Waals surface area contributed by atoms with Gasteiger partial charge in [-0.25, -0.2) is 19.6 Å². The minimum absolute atomic E-state index is 0.217. The molecule has 1 aliphatic carbocycles. The van der Waals surface area contributed by atoms with Crippen LogP contribution >= 0.6 is 0 Å². The molecule has 0 aromatic rings. The van der Waals surface area contributed by atoms with Crippen molar-refractivity contribution in [3.63, 3.8) is 0 Å². The van der Waals surface area contributed by atoms with Gasteiger partial charge in [0.15, 0.2) is 0 Å². The summed E-state index contributed by atoms with van der Waals surface area (Å²) in [6, 6.07) is 0. The van der Waals surface area contributed by atoms with Crippen LogP contribution in [-0.4, -0.2) is 47.4 Å². The van der Waals surface area contributed by atoms with E-state index in [2.05, 4.69) is 9.98 Å². The van der Waals surface area contributed by atoms with Crippen molar-refractivity contribution < 1.29 is 29.4 Å². The number of carbonyl (C=O) groups excluding carboxylic acids is 2. The largest absolute Gasteiger partial charge is 0.481 e. The maximum Gasteiger partial charge on any atom is 0.311 e. The van der Waals surface area contributed by atoms with Crippen molar-refractivity contribution in [1.82, 2.24) is 0 Å². The van der Waals surface area contributed by atoms with E-state index in [-0.39, 0.29) is 12.8 Å². The number of aliphatic imine (C=N–C) groups is 2. The van der Waals surface area contributed by atoms with Gasteiger partial charge in [-0.2, -0.15) is 0 Å². The Kier molecular flexibility index (Phi) is 14.1. The van der Waals surface area contributed by atoms with Gasteiger partial charge in [0.2, 0.25) is 12.2 Å². The molecule has 0 fully saturated rings. The predicted octanol–water partition coefficient (Wildman–Crippen LogP) is 5.16. The van der Waals surface area contributed by atoms with Gasteiger partial charge in [-0.05, 0) is 77.0 Å². The lowest BCUT2D eigenvalue weighted by Gasteiger charge is -2.46. The smallest absolute Gasteiger partial charge is 0.311 e. The summed E-state index contributed by atoms with van der Waals surface area (Å²) < 4.78 is 0. The highest BCUT2D eigenvalue weighted by Crippen LogP contribution is 2.55. The molecule has 2 atom stereocenters. The molecular formula is C26H36N2O6. The first-order valence-electron chi connectivity index (χ1n) is 12.0. The number of unbranched alkanes of at least 4 members (excludes halogenated alkanes) is 4. The van der Waals surface area contributed by atoms with Crippen molar-refractivity contribution in [2.75, 3.05) is 13.1 Å². The summed E-state index contributed by atoms with van der Waals surface area (Å²) in [6.45, 7) is 0.876. The number of rotatable bonds is 18. The lowest BCUT2D eigenvalue weighted by Crippen LogP contribution is -2.53. The Hall–Kier alpha value is -3.08. The molecule has 0 aromatic carbocycles. The third kappa shape index (κ3) is 8.69. The average Bonchev–Trinajstić information content (AvgIpc) is 2.82. The van der Waals surface area contributed by atoms with E-state index in [4.69, 9.17) is 0 Å². The van der Waals surface area contributed by atoms with Gasteiger partial charge in [0.25, 0.3) is 0 Å². The first-order chi connectivity index (χ1) is 16.5. The molecule has 0 heterocycles. The summed E-state index contributed by atoms with van der Waals surface area (Å²) in [7, 11) is 0. The Balaban J connectivity index is 2.76. The highest BCUT2D eigenvalue weighted by Gasteiger charge is 2.60. The van der Waals surface area contributed by atoms with Crippen molar-refractivity contribution in [1.29, 1.82) is 0 Å². The maximum absolute atomic E-state index is 12.5. The highest BCUT2D eigenvalue weighted by molar-refractivity contribution is 5.87. The van der Waals surface area contributed by atoms with Crippen molar-refractivity contribution in [3.05, 3.63) is 36.5 Å². The van der Waals surface area contributed by atoms with Crippen LogP contribution in [0.2, 0.25) is 0 Å². The van der Waals surface area contributed by atoms with E-state index >= 15 is 0 Å². The fraction of sp³-hybridized carbons (Fsp3) is 0.615. The SMILES string of the molecule is O=C=NCCCC=CCCCC1(C(=O)O)CC=CCC1(CCCC=CCCCN=C=O)C(=O)O. The second kappa shape index (κ2) is 16.5. The van der Waals surface area contributed by atoms with Gasteiger partial charge >= 0.3 is 11.9 Å². The van der Waals surface area contributed by atoms with E-state index in [0.29, 0.717) is 51.6 Å². The molecule has 186 valence electrons. The predicted molar refractivity (Wildman–Crippen MR) is 129 cm³/mol. The summed E-state index contributed by atoms with van der Waals surface area (Å²) in [5, 5.41) is 20.5. The zero-order valence-corrected chi connectivity index (χ0v) is 19.8. The molecule has 0 saturated heterocycles. The zero-order chi connectivity index (χ0) is 25.1. The molecule has 34 heavy (non-hydrogen) atoms. The van der Waals surface area contributed by atoms with Gasteiger partial charge in [-0.3, -0.25) is 9.59 Å². The van der Waals surface area contributed by atoms with Crippen molar-refractivity contribution in [3.8, 4) is 0 Å². The zero-order valence-electron chi connectivity index (χ0n) is 19.8. The molecule has 1 aliphatic rings. The molecule has 2 unspecified atom stereocenters. The fourth-order valence-electron chi connectivity index (χ4n) is 4.62. The quantitative estimate of drug-likeness (QED) is 0.122. The van der Waals surface area contributed by atoms with Gasteiger partial charge in [0, 0.05) is 0 Å². The second-order valence-electron chi connectivity index (χ2n) is 8.61. The Morgan fingerprint density at radius 1 is 0.706 bits per heavy atom. The van der Waals surface area contributed by atoms with Crippen LogP contribution in [-0.2, 0) is 19.2 Å². The number of hydrogen-bond acceptors (Lipinski definition) is 6. The molecule has 1 rings (SSSR count). The third-order valence-electron chi connectivity index (χ3n) is 6.53. The summed E-state index contributed by atoms with van der Waals surface area (Å²) in [5.74, 6) is -2.08. The number of hydrogen-bond donors (Lipinski definition) is 2. The highest BCUT2D eigenvalue weighted by atomic mass is 16.4. The third-order valence-corrected chi connectivity index (χ3v) is 6.53. The van der Waals surface area contributed by atoms with Gasteiger partial charge in [-0.1, -0.05) is 36.5 Å². The summed E-state index contributed by atoms with van der Waals surface area (Å²) in [5.41, 5.74) is -2.67. The Morgan fingerprint density at radius 2 is 1.06 bits per heavy atom. The lowest BCUT2D eigenvalue weighted by atomic mass is 9.54. The average molecular weight is 473 g/mol. The molecule has 0 aromatic heterocycles. The van der Waals surface area contributed by atoms with Crippen molar-refractivity contribution >= 4 is 24.1 Å². The van der Waals surface area contributed by atoms with E-state index < -0.39 is 22.8 Å². The van der Waals surface area contributed by atoms with Gasteiger partial charge in [-0.15, -0.1) is 0 Å². The van der Waals surface area contributed by atoms with E-state index in [9.17, 15) is 29.4 Å². The maximum atomic E-state index is 12.5. The Labute approximate surface area is 201 Å². The number of nitrogens with zero attached hydrogens (tertiary/aromatic N) is 2. The molecule has 0 aliphatic heterocycles. The standard InChI is InChI=1S/C26H36N2O6/c29-21-27-19-13-7-3-1-5-9-15-25(23(31)32)17-11-12-18-26(25,24(33)34)16-10-6-2-4-8-14-20-28-22-30/h1-4,11-12H,5-10,13-20H2,(H,31,32)(H,33,34). The molecule has 0 saturated carbocycles. The number of isocyanates is 2. The van der Waals surface area contributed by atoms with Crippen LogP contribution in [0, 0.1) is 10.8 Å². The van der Waals surface area contributed by atoms with Crippen LogP contribution in [0.3, 0.4) is 0 Å². The van der Waals surface area contributed by atoms with E-state index in [1.165, 1.54) is 12.2 Å². The van der Waals surface area contributed by atoms with E-state index in [1.807, 2.05) is 24.3 Å². The first kappa shape index (κ1) is 29.0. The fourth-order valence-corrected chi connectivity index (χ4v) is 4.62. The molecule has 0 amide bonds. The number of allylic oxidation sites excluding steroid dienone is 6. The molecular weight excluding hydrogens is 436 g/mol. The van der Waals surface area contributed by atoms with Crippen LogP contribution in [0.4, 0.5) is 0 Å². The molecule has 8 heteroatoms. The number of aliphatic carboxylic acids is 2. The normalized spacial score (nSPS) is 21.9. The Bertz CT molecular complexity index is 768.